The lowest BCUT2D eigenvalue weighted by Crippen LogP contribution is -2.40. The Hall–Kier alpha value is -1.85. The number of nitrogen functional groups attached to an aromatic ring is 1. The lowest BCUT2D eigenvalue weighted by Gasteiger charge is -2.32. The average molecular weight is 235 g/mol. The van der Waals surface area contributed by atoms with Gasteiger partial charge < -0.3 is 16.0 Å². The van der Waals surface area contributed by atoms with Gasteiger partial charge in [0.1, 0.15) is 0 Å². The van der Waals surface area contributed by atoms with Crippen molar-refractivity contribution in [1.29, 1.82) is 0 Å². The van der Waals surface area contributed by atoms with E-state index in [2.05, 4.69) is 20.2 Å². The SMILES string of the molecule is CNC(=O)C1CCN(c2nccnc2N)CC1. The summed E-state index contributed by atoms with van der Waals surface area (Å²) in [6, 6.07) is 0. The van der Waals surface area contributed by atoms with Crippen LogP contribution in [0.25, 0.3) is 0 Å². The molecule has 0 radical (unpaired) electrons. The maximum Gasteiger partial charge on any atom is 0.222 e. The molecule has 1 aromatic rings. The van der Waals surface area contributed by atoms with E-state index in [4.69, 9.17) is 5.73 Å². The topological polar surface area (TPSA) is 84.1 Å². The molecule has 2 rings (SSSR count). The fourth-order valence-corrected chi connectivity index (χ4v) is 2.14. The van der Waals surface area contributed by atoms with Gasteiger partial charge in [-0.2, -0.15) is 0 Å². The lowest BCUT2D eigenvalue weighted by atomic mass is 9.96. The van der Waals surface area contributed by atoms with E-state index in [1.807, 2.05) is 0 Å². The van der Waals surface area contributed by atoms with Crippen LogP contribution >= 0.6 is 0 Å². The zero-order valence-electron chi connectivity index (χ0n) is 9.89. The summed E-state index contributed by atoms with van der Waals surface area (Å²) in [5.74, 6) is 1.40. The van der Waals surface area contributed by atoms with Gasteiger partial charge in [0, 0.05) is 38.4 Å². The zero-order chi connectivity index (χ0) is 12.3. The van der Waals surface area contributed by atoms with Crippen LogP contribution in [-0.2, 0) is 4.79 Å². The van der Waals surface area contributed by atoms with E-state index in [1.165, 1.54) is 0 Å². The van der Waals surface area contributed by atoms with Crippen molar-refractivity contribution >= 4 is 17.5 Å². The molecule has 1 aromatic heterocycles. The lowest BCUT2D eigenvalue weighted by molar-refractivity contribution is -0.125. The molecule has 1 aliphatic rings. The number of nitrogens with one attached hydrogen (secondary N) is 1. The van der Waals surface area contributed by atoms with Crippen LogP contribution < -0.4 is 16.0 Å². The number of nitrogens with zero attached hydrogens (tertiary/aromatic N) is 3. The van der Waals surface area contributed by atoms with E-state index in [0.29, 0.717) is 5.82 Å². The highest BCUT2D eigenvalue weighted by atomic mass is 16.1. The van der Waals surface area contributed by atoms with Crippen molar-refractivity contribution < 1.29 is 4.79 Å². The molecule has 6 nitrogen and oxygen atoms in total. The molecule has 0 bridgehead atoms. The van der Waals surface area contributed by atoms with E-state index in [0.717, 1.165) is 31.7 Å². The summed E-state index contributed by atoms with van der Waals surface area (Å²) in [7, 11) is 1.68. The van der Waals surface area contributed by atoms with Gasteiger partial charge in [-0.1, -0.05) is 0 Å². The minimum Gasteiger partial charge on any atom is -0.381 e. The number of hydrogen-bond donors (Lipinski definition) is 2. The van der Waals surface area contributed by atoms with Crippen molar-refractivity contribution in [2.75, 3.05) is 30.8 Å². The van der Waals surface area contributed by atoms with Crippen molar-refractivity contribution in [2.45, 2.75) is 12.8 Å². The second kappa shape index (κ2) is 4.99. The summed E-state index contributed by atoms with van der Waals surface area (Å²) in [6.07, 6.45) is 4.87. The third-order valence-electron chi connectivity index (χ3n) is 3.12. The summed E-state index contributed by atoms with van der Waals surface area (Å²) >= 11 is 0. The van der Waals surface area contributed by atoms with E-state index < -0.39 is 0 Å². The fourth-order valence-electron chi connectivity index (χ4n) is 2.14. The standard InChI is InChI=1S/C11H17N5O/c1-13-11(17)8-2-6-16(7-3-8)10-9(12)14-4-5-15-10/h4-5,8H,2-3,6-7H2,1H3,(H2,12,14)(H,13,17). The normalized spacial score (nSPS) is 16.9. The van der Waals surface area contributed by atoms with Gasteiger partial charge in [0.05, 0.1) is 0 Å². The number of carbonyl (C=O) groups excluding carboxylic acids is 1. The van der Waals surface area contributed by atoms with E-state index >= 15 is 0 Å². The average Bonchev–Trinajstić information content (AvgIpc) is 2.39. The second-order valence-corrected chi connectivity index (χ2v) is 4.14. The maximum atomic E-state index is 11.5. The largest absolute Gasteiger partial charge is 0.381 e. The Labute approximate surface area is 100 Å². The van der Waals surface area contributed by atoms with Crippen molar-refractivity contribution in [3.8, 4) is 0 Å². The molecule has 92 valence electrons. The number of aromatic nitrogens is 2. The number of piperidine rings is 1. The van der Waals surface area contributed by atoms with Crippen LogP contribution in [0.15, 0.2) is 12.4 Å². The minimum absolute atomic E-state index is 0.106. The molecule has 0 spiro atoms. The molecule has 1 aliphatic heterocycles. The summed E-state index contributed by atoms with van der Waals surface area (Å²) in [4.78, 5) is 21.8. The van der Waals surface area contributed by atoms with Crippen molar-refractivity contribution in [1.82, 2.24) is 15.3 Å². The Kier molecular flexibility index (Phi) is 3.41. The van der Waals surface area contributed by atoms with Crippen LogP contribution in [0.1, 0.15) is 12.8 Å². The minimum atomic E-state index is 0.106. The number of carbonyl (C=O) groups is 1. The molecular weight excluding hydrogens is 218 g/mol. The first-order valence-electron chi connectivity index (χ1n) is 5.75. The predicted molar refractivity (Wildman–Crippen MR) is 65.4 cm³/mol. The molecule has 17 heavy (non-hydrogen) atoms. The molecule has 2 heterocycles. The molecule has 1 fully saturated rings. The van der Waals surface area contributed by atoms with Crippen LogP contribution in [0.2, 0.25) is 0 Å². The first-order valence-corrected chi connectivity index (χ1v) is 5.75. The molecule has 1 saturated heterocycles. The molecule has 0 atom stereocenters. The van der Waals surface area contributed by atoms with Gasteiger partial charge in [-0.25, -0.2) is 9.97 Å². The van der Waals surface area contributed by atoms with E-state index in [1.54, 1.807) is 19.4 Å². The zero-order valence-corrected chi connectivity index (χ0v) is 9.89. The molecule has 0 aromatic carbocycles. The number of anilines is 2. The molecular formula is C11H17N5O. The van der Waals surface area contributed by atoms with Gasteiger partial charge in [-0.3, -0.25) is 4.79 Å². The van der Waals surface area contributed by atoms with Crippen LogP contribution in [0.4, 0.5) is 11.6 Å². The van der Waals surface area contributed by atoms with Crippen LogP contribution in [0.5, 0.6) is 0 Å². The smallest absolute Gasteiger partial charge is 0.222 e. The Bertz CT molecular complexity index is 401. The van der Waals surface area contributed by atoms with Gasteiger partial charge in [-0.15, -0.1) is 0 Å². The van der Waals surface area contributed by atoms with Gasteiger partial charge >= 0.3 is 0 Å². The number of nitrogens with two attached hydrogens (primary N) is 1. The van der Waals surface area contributed by atoms with Crippen molar-refractivity contribution in [2.24, 2.45) is 5.92 Å². The molecule has 6 heteroatoms. The monoisotopic (exact) mass is 235 g/mol. The van der Waals surface area contributed by atoms with Crippen molar-refractivity contribution in [3.05, 3.63) is 12.4 Å². The quantitative estimate of drug-likeness (QED) is 0.755. The Morgan fingerprint density at radius 1 is 1.41 bits per heavy atom. The van der Waals surface area contributed by atoms with E-state index in [9.17, 15) is 4.79 Å². The van der Waals surface area contributed by atoms with E-state index in [-0.39, 0.29) is 11.8 Å². The molecule has 0 saturated carbocycles. The third kappa shape index (κ3) is 2.46. The second-order valence-electron chi connectivity index (χ2n) is 4.14. The molecule has 3 N–H and O–H groups in total. The summed E-state index contributed by atoms with van der Waals surface area (Å²) in [5.41, 5.74) is 5.78. The number of hydrogen-bond acceptors (Lipinski definition) is 5. The summed E-state index contributed by atoms with van der Waals surface area (Å²) in [5, 5.41) is 2.69. The summed E-state index contributed by atoms with van der Waals surface area (Å²) in [6.45, 7) is 1.59. The van der Waals surface area contributed by atoms with Crippen LogP contribution in [0.3, 0.4) is 0 Å². The predicted octanol–water partition coefficient (Wildman–Crippen LogP) is 0.0212. The fraction of sp³-hybridized carbons (Fsp3) is 0.545. The first-order chi connectivity index (χ1) is 8.22. The molecule has 0 unspecified atom stereocenters. The van der Waals surface area contributed by atoms with Gasteiger partial charge in [0.25, 0.3) is 0 Å². The Morgan fingerprint density at radius 2 is 2.06 bits per heavy atom. The highest BCUT2D eigenvalue weighted by molar-refractivity contribution is 5.78. The van der Waals surface area contributed by atoms with Gasteiger partial charge in [0.2, 0.25) is 5.91 Å². The maximum absolute atomic E-state index is 11.5. The third-order valence-corrected chi connectivity index (χ3v) is 3.12. The van der Waals surface area contributed by atoms with Crippen LogP contribution in [-0.4, -0.2) is 36.0 Å². The van der Waals surface area contributed by atoms with Crippen molar-refractivity contribution in [3.63, 3.8) is 0 Å². The first kappa shape index (κ1) is 11.6. The highest BCUT2D eigenvalue weighted by Gasteiger charge is 2.25. The summed E-state index contributed by atoms with van der Waals surface area (Å²) < 4.78 is 0. The molecule has 1 amide bonds. The Morgan fingerprint density at radius 3 is 2.65 bits per heavy atom. The highest BCUT2D eigenvalue weighted by Crippen LogP contribution is 2.24. The number of rotatable bonds is 2. The van der Waals surface area contributed by atoms with Gasteiger partial charge in [-0.05, 0) is 12.8 Å². The Balaban J connectivity index is 2.00. The van der Waals surface area contributed by atoms with Crippen LogP contribution in [0, 0.1) is 5.92 Å². The van der Waals surface area contributed by atoms with Gasteiger partial charge in [0.15, 0.2) is 11.6 Å². The number of amides is 1. The molecule has 0 aliphatic carbocycles.